The van der Waals surface area contributed by atoms with Crippen molar-refractivity contribution in [1.82, 2.24) is 15.1 Å². The first-order chi connectivity index (χ1) is 8.29. The molecule has 1 aliphatic carbocycles. The van der Waals surface area contributed by atoms with Crippen molar-refractivity contribution in [3.63, 3.8) is 0 Å². The second-order valence-corrected chi connectivity index (χ2v) is 5.04. The van der Waals surface area contributed by atoms with E-state index in [9.17, 15) is 5.11 Å². The standard InChI is InChI=1S/C13H23N3O/c1-16-9-11(8-14-16)13(10-17)15-12-6-4-2-3-5-7-12/h8-9,12-13,15,17H,2-7,10H2,1H3. The Kier molecular flexibility index (Phi) is 4.57. The van der Waals surface area contributed by atoms with Crippen molar-refractivity contribution in [2.75, 3.05) is 6.61 Å². The summed E-state index contributed by atoms with van der Waals surface area (Å²) >= 11 is 0. The average Bonchev–Trinajstić information content (AvgIpc) is 2.62. The van der Waals surface area contributed by atoms with Gasteiger partial charge in [-0.2, -0.15) is 5.10 Å². The van der Waals surface area contributed by atoms with Gasteiger partial charge >= 0.3 is 0 Å². The summed E-state index contributed by atoms with van der Waals surface area (Å²) in [7, 11) is 1.91. The Hall–Kier alpha value is -0.870. The molecular weight excluding hydrogens is 214 g/mol. The number of aryl methyl sites for hydroxylation is 1. The van der Waals surface area contributed by atoms with E-state index in [0.29, 0.717) is 6.04 Å². The van der Waals surface area contributed by atoms with Crippen molar-refractivity contribution in [1.29, 1.82) is 0 Å². The minimum absolute atomic E-state index is 0.0341. The summed E-state index contributed by atoms with van der Waals surface area (Å²) in [5.74, 6) is 0. The number of nitrogens with zero attached hydrogens (tertiary/aromatic N) is 2. The SMILES string of the molecule is Cn1cc(C(CO)NC2CCCCCC2)cn1. The smallest absolute Gasteiger partial charge is 0.0627 e. The first kappa shape index (κ1) is 12.6. The average molecular weight is 237 g/mol. The largest absolute Gasteiger partial charge is 0.394 e. The maximum atomic E-state index is 9.49. The molecule has 0 spiro atoms. The first-order valence-electron chi connectivity index (χ1n) is 6.65. The molecule has 2 N–H and O–H groups in total. The molecule has 1 atom stereocenters. The van der Waals surface area contributed by atoms with Gasteiger partial charge in [0.05, 0.1) is 18.8 Å². The molecule has 0 radical (unpaired) electrons. The molecule has 17 heavy (non-hydrogen) atoms. The minimum atomic E-state index is 0.0341. The molecule has 0 bridgehead atoms. The summed E-state index contributed by atoms with van der Waals surface area (Å²) in [6.07, 6.45) is 11.6. The summed E-state index contributed by atoms with van der Waals surface area (Å²) in [6.45, 7) is 0.141. The third kappa shape index (κ3) is 3.54. The van der Waals surface area contributed by atoms with Crippen LogP contribution in [0.1, 0.15) is 50.1 Å². The van der Waals surface area contributed by atoms with Crippen LogP contribution in [0.15, 0.2) is 12.4 Å². The third-order valence-corrected chi connectivity index (χ3v) is 3.60. The fourth-order valence-corrected chi connectivity index (χ4v) is 2.60. The van der Waals surface area contributed by atoms with Crippen molar-refractivity contribution in [2.45, 2.75) is 50.6 Å². The van der Waals surface area contributed by atoms with Crippen LogP contribution >= 0.6 is 0 Å². The summed E-state index contributed by atoms with van der Waals surface area (Å²) in [5, 5.41) is 17.2. The van der Waals surface area contributed by atoms with Crippen molar-refractivity contribution >= 4 is 0 Å². The maximum absolute atomic E-state index is 9.49. The van der Waals surface area contributed by atoms with E-state index in [1.165, 1.54) is 38.5 Å². The molecule has 1 unspecified atom stereocenters. The highest BCUT2D eigenvalue weighted by Gasteiger charge is 2.18. The van der Waals surface area contributed by atoms with Gasteiger partial charge in [-0.15, -0.1) is 0 Å². The van der Waals surface area contributed by atoms with Crippen molar-refractivity contribution in [3.8, 4) is 0 Å². The van der Waals surface area contributed by atoms with Gasteiger partial charge in [0.1, 0.15) is 0 Å². The van der Waals surface area contributed by atoms with Gasteiger partial charge in [-0.3, -0.25) is 4.68 Å². The second kappa shape index (κ2) is 6.17. The zero-order chi connectivity index (χ0) is 12.1. The molecule has 0 aromatic carbocycles. The third-order valence-electron chi connectivity index (χ3n) is 3.60. The monoisotopic (exact) mass is 237 g/mol. The predicted molar refractivity (Wildman–Crippen MR) is 67.7 cm³/mol. The summed E-state index contributed by atoms with van der Waals surface area (Å²) in [4.78, 5) is 0. The molecular formula is C13H23N3O. The minimum Gasteiger partial charge on any atom is -0.394 e. The molecule has 4 nitrogen and oxygen atoms in total. The maximum Gasteiger partial charge on any atom is 0.0627 e. The van der Waals surface area contributed by atoms with Crippen LogP contribution in [-0.4, -0.2) is 27.5 Å². The van der Waals surface area contributed by atoms with E-state index in [-0.39, 0.29) is 12.6 Å². The van der Waals surface area contributed by atoms with Crippen LogP contribution in [-0.2, 0) is 7.05 Å². The number of rotatable bonds is 4. The lowest BCUT2D eigenvalue weighted by molar-refractivity contribution is 0.228. The molecule has 1 aromatic rings. The van der Waals surface area contributed by atoms with E-state index in [2.05, 4.69) is 10.4 Å². The van der Waals surface area contributed by atoms with Crippen LogP contribution in [0.25, 0.3) is 0 Å². The van der Waals surface area contributed by atoms with Crippen LogP contribution < -0.4 is 5.32 Å². The van der Waals surface area contributed by atoms with Gasteiger partial charge in [0.2, 0.25) is 0 Å². The lowest BCUT2D eigenvalue weighted by atomic mass is 10.1. The second-order valence-electron chi connectivity index (χ2n) is 5.04. The van der Waals surface area contributed by atoms with Gasteiger partial charge in [0.25, 0.3) is 0 Å². The van der Waals surface area contributed by atoms with Crippen LogP contribution in [0.2, 0.25) is 0 Å². The summed E-state index contributed by atoms with van der Waals surface area (Å²) < 4.78 is 1.78. The fraction of sp³-hybridized carbons (Fsp3) is 0.769. The van der Waals surface area contributed by atoms with E-state index in [0.717, 1.165) is 5.56 Å². The quantitative estimate of drug-likeness (QED) is 0.785. The van der Waals surface area contributed by atoms with Gasteiger partial charge in [0.15, 0.2) is 0 Å². The van der Waals surface area contributed by atoms with Gasteiger partial charge in [-0.05, 0) is 12.8 Å². The number of hydrogen-bond donors (Lipinski definition) is 2. The normalized spacial score (nSPS) is 20.1. The Labute approximate surface area is 103 Å². The molecule has 1 saturated carbocycles. The zero-order valence-corrected chi connectivity index (χ0v) is 10.6. The molecule has 1 aliphatic rings. The lowest BCUT2D eigenvalue weighted by Gasteiger charge is -2.22. The molecule has 2 rings (SSSR count). The zero-order valence-electron chi connectivity index (χ0n) is 10.6. The molecule has 0 saturated heterocycles. The van der Waals surface area contributed by atoms with Gasteiger partial charge < -0.3 is 10.4 Å². The molecule has 4 heteroatoms. The van der Waals surface area contributed by atoms with Gasteiger partial charge in [0, 0.05) is 24.8 Å². The van der Waals surface area contributed by atoms with E-state index < -0.39 is 0 Å². The predicted octanol–water partition coefficient (Wildman–Crippen LogP) is 1.77. The molecule has 96 valence electrons. The number of hydrogen-bond acceptors (Lipinski definition) is 3. The van der Waals surface area contributed by atoms with E-state index in [4.69, 9.17) is 0 Å². The van der Waals surface area contributed by atoms with Crippen LogP contribution in [0, 0.1) is 0 Å². The van der Waals surface area contributed by atoms with Crippen molar-refractivity contribution in [2.24, 2.45) is 7.05 Å². The summed E-state index contributed by atoms with van der Waals surface area (Å²) in [5.41, 5.74) is 1.08. The molecule has 1 heterocycles. The molecule has 1 fully saturated rings. The first-order valence-corrected chi connectivity index (χ1v) is 6.65. The summed E-state index contributed by atoms with van der Waals surface area (Å²) in [6, 6.07) is 0.585. The number of nitrogens with one attached hydrogen (secondary N) is 1. The highest BCUT2D eigenvalue weighted by atomic mass is 16.3. The van der Waals surface area contributed by atoms with E-state index >= 15 is 0 Å². The Morgan fingerprint density at radius 1 is 1.41 bits per heavy atom. The Morgan fingerprint density at radius 2 is 2.12 bits per heavy atom. The fourth-order valence-electron chi connectivity index (χ4n) is 2.60. The van der Waals surface area contributed by atoms with Crippen molar-refractivity contribution < 1.29 is 5.11 Å². The molecule has 0 amide bonds. The van der Waals surface area contributed by atoms with E-state index in [1.807, 2.05) is 19.4 Å². The van der Waals surface area contributed by atoms with Crippen LogP contribution in [0.5, 0.6) is 0 Å². The van der Waals surface area contributed by atoms with Gasteiger partial charge in [-0.1, -0.05) is 25.7 Å². The number of aliphatic hydroxyl groups excluding tert-OH is 1. The van der Waals surface area contributed by atoms with Crippen LogP contribution in [0.3, 0.4) is 0 Å². The van der Waals surface area contributed by atoms with Gasteiger partial charge in [-0.25, -0.2) is 0 Å². The Bertz CT molecular complexity index is 329. The highest BCUT2D eigenvalue weighted by Crippen LogP contribution is 2.20. The lowest BCUT2D eigenvalue weighted by Crippen LogP contribution is -2.34. The van der Waals surface area contributed by atoms with Crippen molar-refractivity contribution in [3.05, 3.63) is 18.0 Å². The Morgan fingerprint density at radius 3 is 2.65 bits per heavy atom. The molecule has 1 aromatic heterocycles. The number of aromatic nitrogens is 2. The Balaban J connectivity index is 1.94. The number of aliphatic hydroxyl groups is 1. The molecule has 0 aliphatic heterocycles. The van der Waals surface area contributed by atoms with Crippen LogP contribution in [0.4, 0.5) is 0 Å². The van der Waals surface area contributed by atoms with E-state index in [1.54, 1.807) is 4.68 Å². The topological polar surface area (TPSA) is 50.1 Å². The highest BCUT2D eigenvalue weighted by molar-refractivity contribution is 5.10.